The van der Waals surface area contributed by atoms with Gasteiger partial charge in [0.05, 0.1) is 24.6 Å². The lowest BCUT2D eigenvalue weighted by molar-refractivity contribution is -0.0126. The van der Waals surface area contributed by atoms with Crippen molar-refractivity contribution in [2.75, 3.05) is 19.8 Å². The van der Waals surface area contributed by atoms with Gasteiger partial charge in [-0.3, -0.25) is 4.90 Å². The highest BCUT2D eigenvalue weighted by Gasteiger charge is 2.24. The summed E-state index contributed by atoms with van der Waals surface area (Å²) >= 11 is 0. The Hall–Kier alpha value is -2.50. The molecule has 4 rings (SSSR count). The highest BCUT2D eigenvalue weighted by Crippen LogP contribution is 2.27. The smallest absolute Gasteiger partial charge is 0.123 e. The van der Waals surface area contributed by atoms with Crippen LogP contribution in [-0.2, 0) is 11.3 Å². The van der Waals surface area contributed by atoms with Crippen LogP contribution in [0, 0.1) is 12.7 Å². The number of aromatic nitrogens is 2. The third-order valence-corrected chi connectivity index (χ3v) is 5.40. The number of hydrogen-bond acceptors (Lipinski definition) is 3. The maximum Gasteiger partial charge on any atom is 0.123 e. The Morgan fingerprint density at radius 3 is 2.57 bits per heavy atom. The van der Waals surface area contributed by atoms with E-state index in [-0.39, 0.29) is 5.82 Å². The first-order valence-corrected chi connectivity index (χ1v) is 9.87. The number of halogens is 1. The standard InChI is InChI=1S/C23H26FN3O/c1-3-21-16-28-13-12-26(21)14-19-15-27(22-10-4-17(2)5-11-22)25-23(19)18-6-8-20(24)9-7-18/h4-11,15,21H,3,12-14,16H2,1-2H3/t21-/m0/s1. The Kier molecular flexibility index (Phi) is 5.55. The van der Waals surface area contributed by atoms with Gasteiger partial charge in [-0.2, -0.15) is 5.10 Å². The quantitative estimate of drug-likeness (QED) is 0.649. The van der Waals surface area contributed by atoms with Crippen LogP contribution in [0.3, 0.4) is 0 Å². The van der Waals surface area contributed by atoms with Gasteiger partial charge in [0.1, 0.15) is 5.82 Å². The fourth-order valence-electron chi connectivity index (χ4n) is 3.70. The molecule has 146 valence electrons. The largest absolute Gasteiger partial charge is 0.378 e. The summed E-state index contributed by atoms with van der Waals surface area (Å²) in [4.78, 5) is 2.47. The van der Waals surface area contributed by atoms with E-state index in [1.165, 1.54) is 17.7 Å². The Morgan fingerprint density at radius 2 is 1.86 bits per heavy atom. The van der Waals surface area contributed by atoms with Gasteiger partial charge in [0, 0.05) is 36.5 Å². The normalized spacial score (nSPS) is 17.8. The van der Waals surface area contributed by atoms with Gasteiger partial charge in [0.15, 0.2) is 0 Å². The van der Waals surface area contributed by atoms with Gasteiger partial charge < -0.3 is 4.74 Å². The highest BCUT2D eigenvalue weighted by molar-refractivity contribution is 5.63. The van der Waals surface area contributed by atoms with Crippen molar-refractivity contribution < 1.29 is 9.13 Å². The monoisotopic (exact) mass is 379 g/mol. The number of morpholine rings is 1. The maximum absolute atomic E-state index is 13.4. The highest BCUT2D eigenvalue weighted by atomic mass is 19.1. The lowest BCUT2D eigenvalue weighted by atomic mass is 10.1. The molecule has 1 atom stereocenters. The van der Waals surface area contributed by atoms with Crippen LogP contribution in [0.25, 0.3) is 16.9 Å². The summed E-state index contributed by atoms with van der Waals surface area (Å²) in [5, 5.41) is 4.86. The molecule has 0 aliphatic carbocycles. The van der Waals surface area contributed by atoms with Crippen LogP contribution >= 0.6 is 0 Å². The SMILES string of the molecule is CC[C@H]1COCCN1Cc1cn(-c2ccc(C)cc2)nc1-c1ccc(F)cc1. The Bertz CT molecular complexity index is 918. The van der Waals surface area contributed by atoms with Crippen molar-refractivity contribution in [3.63, 3.8) is 0 Å². The molecular weight excluding hydrogens is 353 g/mol. The van der Waals surface area contributed by atoms with Gasteiger partial charge in [0.2, 0.25) is 0 Å². The van der Waals surface area contributed by atoms with E-state index in [0.717, 1.165) is 55.2 Å². The van der Waals surface area contributed by atoms with Crippen LogP contribution in [0.5, 0.6) is 0 Å². The van der Waals surface area contributed by atoms with Crippen molar-refractivity contribution >= 4 is 0 Å². The average molecular weight is 379 g/mol. The molecule has 0 unspecified atom stereocenters. The minimum Gasteiger partial charge on any atom is -0.378 e. The Morgan fingerprint density at radius 1 is 1.11 bits per heavy atom. The maximum atomic E-state index is 13.4. The first-order valence-electron chi connectivity index (χ1n) is 9.87. The number of aryl methyl sites for hydroxylation is 1. The molecule has 4 nitrogen and oxygen atoms in total. The molecular formula is C23H26FN3O. The van der Waals surface area contributed by atoms with Crippen LogP contribution in [0.2, 0.25) is 0 Å². The number of rotatable bonds is 5. The van der Waals surface area contributed by atoms with E-state index in [4.69, 9.17) is 9.84 Å². The zero-order valence-electron chi connectivity index (χ0n) is 16.4. The van der Waals surface area contributed by atoms with Crippen LogP contribution < -0.4 is 0 Å². The van der Waals surface area contributed by atoms with Crippen LogP contribution in [-0.4, -0.2) is 40.5 Å². The average Bonchev–Trinajstić information content (AvgIpc) is 3.13. The number of ether oxygens (including phenoxy) is 1. The molecule has 0 amide bonds. The fourth-order valence-corrected chi connectivity index (χ4v) is 3.70. The number of benzene rings is 2. The number of hydrogen-bond donors (Lipinski definition) is 0. The molecule has 1 aliphatic heterocycles. The molecule has 0 bridgehead atoms. The van der Waals surface area contributed by atoms with Crippen LogP contribution in [0.1, 0.15) is 24.5 Å². The van der Waals surface area contributed by atoms with E-state index >= 15 is 0 Å². The first kappa shape index (κ1) is 18.8. The lowest BCUT2D eigenvalue weighted by Crippen LogP contribution is -2.44. The summed E-state index contributed by atoms with van der Waals surface area (Å²) in [7, 11) is 0. The molecule has 0 spiro atoms. The Labute approximate surface area is 165 Å². The molecule has 0 saturated carbocycles. The van der Waals surface area contributed by atoms with Crippen molar-refractivity contribution in [2.24, 2.45) is 0 Å². The summed E-state index contributed by atoms with van der Waals surface area (Å²) < 4.78 is 21.0. The number of nitrogens with zero attached hydrogens (tertiary/aromatic N) is 3. The fraction of sp³-hybridized carbons (Fsp3) is 0.348. The van der Waals surface area contributed by atoms with E-state index in [2.05, 4.69) is 49.2 Å². The molecule has 0 N–H and O–H groups in total. The lowest BCUT2D eigenvalue weighted by Gasteiger charge is -2.34. The van der Waals surface area contributed by atoms with Crippen molar-refractivity contribution in [2.45, 2.75) is 32.9 Å². The van der Waals surface area contributed by atoms with E-state index in [1.807, 2.05) is 4.68 Å². The molecule has 1 aromatic heterocycles. The van der Waals surface area contributed by atoms with Crippen molar-refractivity contribution in [3.05, 3.63) is 71.7 Å². The van der Waals surface area contributed by atoms with E-state index in [9.17, 15) is 4.39 Å². The van der Waals surface area contributed by atoms with Crippen LogP contribution in [0.15, 0.2) is 54.7 Å². The van der Waals surface area contributed by atoms with Crippen LogP contribution in [0.4, 0.5) is 4.39 Å². The van der Waals surface area contributed by atoms with Gasteiger partial charge in [-0.25, -0.2) is 9.07 Å². The predicted octanol–water partition coefficient (Wildman–Crippen LogP) is 4.60. The topological polar surface area (TPSA) is 30.3 Å². The van der Waals surface area contributed by atoms with Gasteiger partial charge in [-0.15, -0.1) is 0 Å². The predicted molar refractivity (Wildman–Crippen MR) is 109 cm³/mol. The van der Waals surface area contributed by atoms with Gasteiger partial charge in [-0.1, -0.05) is 24.6 Å². The molecule has 2 heterocycles. The summed E-state index contributed by atoms with van der Waals surface area (Å²) in [6.45, 7) is 7.52. The van der Waals surface area contributed by atoms with Gasteiger partial charge in [-0.05, 0) is 49.7 Å². The second-order valence-corrected chi connectivity index (χ2v) is 7.40. The molecule has 0 radical (unpaired) electrons. The molecule has 5 heteroatoms. The molecule has 1 saturated heterocycles. The minimum atomic E-state index is -0.234. The van der Waals surface area contributed by atoms with E-state index in [1.54, 1.807) is 12.1 Å². The van der Waals surface area contributed by atoms with E-state index in [0.29, 0.717) is 6.04 Å². The third kappa shape index (κ3) is 4.01. The van der Waals surface area contributed by atoms with Gasteiger partial charge >= 0.3 is 0 Å². The zero-order valence-corrected chi connectivity index (χ0v) is 16.4. The second-order valence-electron chi connectivity index (χ2n) is 7.40. The third-order valence-electron chi connectivity index (χ3n) is 5.40. The molecule has 3 aromatic rings. The van der Waals surface area contributed by atoms with Gasteiger partial charge in [0.25, 0.3) is 0 Å². The summed E-state index contributed by atoms with van der Waals surface area (Å²) in [6, 6.07) is 15.3. The summed E-state index contributed by atoms with van der Waals surface area (Å²) in [6.07, 6.45) is 3.16. The minimum absolute atomic E-state index is 0.234. The molecule has 2 aromatic carbocycles. The second kappa shape index (κ2) is 8.25. The van der Waals surface area contributed by atoms with Crippen molar-refractivity contribution in [1.29, 1.82) is 0 Å². The molecule has 1 aliphatic rings. The van der Waals surface area contributed by atoms with E-state index < -0.39 is 0 Å². The van der Waals surface area contributed by atoms with Crippen molar-refractivity contribution in [3.8, 4) is 16.9 Å². The first-order chi connectivity index (χ1) is 13.6. The molecule has 28 heavy (non-hydrogen) atoms. The summed E-state index contributed by atoms with van der Waals surface area (Å²) in [5.41, 5.74) is 5.22. The Balaban J connectivity index is 1.72. The summed E-state index contributed by atoms with van der Waals surface area (Å²) in [5.74, 6) is -0.234. The van der Waals surface area contributed by atoms with Crippen molar-refractivity contribution in [1.82, 2.24) is 14.7 Å². The zero-order chi connectivity index (χ0) is 19.5. The molecule has 1 fully saturated rings.